The van der Waals surface area contributed by atoms with Gasteiger partial charge in [0.1, 0.15) is 0 Å². The number of nitrogens with zero attached hydrogens (tertiary/aromatic N) is 2. The van der Waals surface area contributed by atoms with Crippen LogP contribution in [0.5, 0.6) is 0 Å². The van der Waals surface area contributed by atoms with Crippen LogP contribution in [0.4, 0.5) is 0 Å². The average Bonchev–Trinajstić information content (AvgIpc) is 2.78. The molecule has 0 spiro atoms. The Kier molecular flexibility index (Phi) is 16.1. The fourth-order valence-electron chi connectivity index (χ4n) is 6.20. The molecule has 1 radical (unpaired) electrons. The summed E-state index contributed by atoms with van der Waals surface area (Å²) in [5.74, 6) is 5.62. The van der Waals surface area contributed by atoms with Gasteiger partial charge in [-0.3, -0.25) is 0 Å². The summed E-state index contributed by atoms with van der Waals surface area (Å²) >= 11 is 0. The van der Waals surface area contributed by atoms with Crippen LogP contribution in [0.15, 0.2) is 0 Å². The third-order valence-corrected chi connectivity index (χ3v) is 8.64. The molecular weight excluding hydrogens is 453 g/mol. The van der Waals surface area contributed by atoms with E-state index in [4.69, 9.17) is 0 Å². The largest absolute Gasteiger partial charge is 0.343 e. The Morgan fingerprint density at radius 2 is 1.23 bits per heavy atom. The minimum absolute atomic E-state index is 0. The van der Waals surface area contributed by atoms with E-state index in [1.807, 2.05) is 13.8 Å². The molecule has 0 amide bonds. The van der Waals surface area contributed by atoms with E-state index in [1.165, 1.54) is 90.6 Å². The van der Waals surface area contributed by atoms with Crippen LogP contribution in [-0.4, -0.2) is 49.1 Å². The van der Waals surface area contributed by atoms with Crippen molar-refractivity contribution in [1.29, 1.82) is 0 Å². The van der Waals surface area contributed by atoms with Crippen LogP contribution in [0.25, 0.3) is 0 Å². The standard InChI is InChI=1S/C26H48N2.C2H6.Y/c1-5-21(4)26-10-14-28(15-11-26)20-25-17-24(18-25)19-27-12-8-23(9-13-27)16-22(6-2)7-3;1-2;/h21-26H,2-3,5-20H2,1,4H3;1-2H3;/q-2;;. The van der Waals surface area contributed by atoms with E-state index in [2.05, 4.69) is 37.5 Å². The number of hydrogen-bond acceptors (Lipinski definition) is 2. The first-order valence-electron chi connectivity index (χ1n) is 13.6. The van der Waals surface area contributed by atoms with Gasteiger partial charge in [-0.1, -0.05) is 46.5 Å². The second-order valence-corrected chi connectivity index (χ2v) is 10.7. The van der Waals surface area contributed by atoms with Crippen molar-refractivity contribution in [3.8, 4) is 0 Å². The van der Waals surface area contributed by atoms with Crippen LogP contribution in [0.3, 0.4) is 0 Å². The SMILES string of the molecule is CC.[CH2-]CC(C[CH2-])CC1CCN(CC2CC(CN3CCC(C(C)CC)CC3)C2)CC1.[Y]. The van der Waals surface area contributed by atoms with Crippen LogP contribution in [0.2, 0.25) is 0 Å². The third-order valence-electron chi connectivity index (χ3n) is 8.64. The van der Waals surface area contributed by atoms with Crippen molar-refractivity contribution < 1.29 is 32.7 Å². The van der Waals surface area contributed by atoms with Crippen molar-refractivity contribution >= 4 is 0 Å². The van der Waals surface area contributed by atoms with Gasteiger partial charge in [-0.15, -0.1) is 0 Å². The molecule has 181 valence electrons. The summed E-state index contributed by atoms with van der Waals surface area (Å²) in [4.78, 5) is 5.56. The molecule has 1 aliphatic carbocycles. The summed E-state index contributed by atoms with van der Waals surface area (Å²) in [6.07, 6.45) is 13.6. The second-order valence-electron chi connectivity index (χ2n) is 10.7. The Morgan fingerprint density at radius 3 is 1.65 bits per heavy atom. The van der Waals surface area contributed by atoms with Crippen molar-refractivity contribution in [3.63, 3.8) is 0 Å². The van der Waals surface area contributed by atoms with Gasteiger partial charge in [-0.05, 0) is 94.3 Å². The maximum Gasteiger partial charge on any atom is 0.000988 e. The molecule has 1 atom stereocenters. The Labute approximate surface area is 221 Å². The maximum atomic E-state index is 4.11. The van der Waals surface area contributed by atoms with Crippen molar-refractivity contribution in [2.45, 2.75) is 91.9 Å². The van der Waals surface area contributed by atoms with E-state index in [1.54, 1.807) is 0 Å². The van der Waals surface area contributed by atoms with Gasteiger partial charge in [0.2, 0.25) is 0 Å². The molecule has 2 nitrogen and oxygen atoms in total. The zero-order valence-electron chi connectivity index (χ0n) is 21.7. The van der Waals surface area contributed by atoms with E-state index >= 15 is 0 Å². The van der Waals surface area contributed by atoms with Gasteiger partial charge in [0.05, 0.1) is 0 Å². The molecule has 0 N–H and O–H groups in total. The normalized spacial score (nSPS) is 27.2. The van der Waals surface area contributed by atoms with E-state index in [0.717, 1.165) is 48.3 Å². The van der Waals surface area contributed by atoms with Gasteiger partial charge in [0, 0.05) is 45.8 Å². The quantitative estimate of drug-likeness (QED) is 0.295. The molecule has 0 aromatic carbocycles. The zero-order valence-corrected chi connectivity index (χ0v) is 24.5. The molecule has 31 heavy (non-hydrogen) atoms. The zero-order chi connectivity index (χ0) is 21.9. The number of likely N-dealkylation sites (tertiary alicyclic amines) is 2. The van der Waals surface area contributed by atoms with E-state index in [-0.39, 0.29) is 32.7 Å². The fourth-order valence-corrected chi connectivity index (χ4v) is 6.20. The molecule has 2 heterocycles. The van der Waals surface area contributed by atoms with Crippen molar-refractivity contribution in [1.82, 2.24) is 9.80 Å². The van der Waals surface area contributed by atoms with Gasteiger partial charge >= 0.3 is 0 Å². The van der Waals surface area contributed by atoms with Gasteiger partial charge in [-0.2, -0.15) is 12.8 Å². The van der Waals surface area contributed by atoms with Gasteiger partial charge in [0.25, 0.3) is 0 Å². The summed E-state index contributed by atoms with van der Waals surface area (Å²) in [7, 11) is 0. The van der Waals surface area contributed by atoms with Crippen LogP contribution < -0.4 is 0 Å². The number of rotatable bonds is 10. The molecular formula is C28H54N2Y-2. The smallest absolute Gasteiger partial charge is 0.000988 e. The predicted octanol–water partition coefficient (Wildman–Crippen LogP) is 6.96. The third kappa shape index (κ3) is 10.0. The second kappa shape index (κ2) is 16.6. The molecule has 2 aliphatic heterocycles. The average molecular weight is 508 g/mol. The molecule has 1 saturated carbocycles. The van der Waals surface area contributed by atoms with Gasteiger partial charge in [0.15, 0.2) is 0 Å². The molecule has 3 heteroatoms. The van der Waals surface area contributed by atoms with Crippen LogP contribution >= 0.6 is 0 Å². The van der Waals surface area contributed by atoms with Crippen molar-refractivity contribution in [2.75, 3.05) is 39.3 Å². The van der Waals surface area contributed by atoms with Crippen molar-refractivity contribution in [2.24, 2.45) is 35.5 Å². The Hall–Kier alpha value is 1.02. The molecule has 2 saturated heterocycles. The van der Waals surface area contributed by atoms with Crippen molar-refractivity contribution in [3.05, 3.63) is 13.8 Å². The Balaban J connectivity index is 0.00000156. The van der Waals surface area contributed by atoms with E-state index < -0.39 is 0 Å². The minimum Gasteiger partial charge on any atom is -0.343 e. The molecule has 0 bridgehead atoms. The maximum absolute atomic E-state index is 4.11. The summed E-state index contributed by atoms with van der Waals surface area (Å²) in [5, 5.41) is 0. The first kappa shape index (κ1) is 30.1. The fraction of sp³-hybridized carbons (Fsp3) is 0.929. The monoisotopic (exact) mass is 507 g/mol. The molecule has 3 aliphatic rings. The molecule has 0 aromatic rings. The molecule has 3 fully saturated rings. The summed E-state index contributed by atoms with van der Waals surface area (Å²) < 4.78 is 0. The molecule has 1 unspecified atom stereocenters. The molecule has 3 rings (SSSR count). The summed E-state index contributed by atoms with van der Waals surface area (Å²) in [6.45, 7) is 25.2. The van der Waals surface area contributed by atoms with Gasteiger partial charge in [-0.25, -0.2) is 0 Å². The van der Waals surface area contributed by atoms with Crippen LogP contribution in [-0.2, 0) is 32.7 Å². The number of hydrogen-bond donors (Lipinski definition) is 0. The summed E-state index contributed by atoms with van der Waals surface area (Å²) in [6, 6.07) is 0. The Bertz CT molecular complexity index is 417. The first-order chi connectivity index (χ1) is 14.6. The first-order valence-corrected chi connectivity index (χ1v) is 13.6. The number of piperidine rings is 2. The topological polar surface area (TPSA) is 6.48 Å². The van der Waals surface area contributed by atoms with Crippen LogP contribution in [0.1, 0.15) is 91.9 Å². The van der Waals surface area contributed by atoms with E-state index in [0.29, 0.717) is 0 Å². The van der Waals surface area contributed by atoms with Gasteiger partial charge < -0.3 is 23.6 Å². The Morgan fingerprint density at radius 1 is 0.774 bits per heavy atom. The van der Waals surface area contributed by atoms with Crippen LogP contribution in [0, 0.1) is 49.4 Å². The minimum atomic E-state index is 0. The van der Waals surface area contributed by atoms with E-state index in [9.17, 15) is 0 Å². The molecule has 0 aromatic heterocycles. The predicted molar refractivity (Wildman–Crippen MR) is 133 cm³/mol. The summed E-state index contributed by atoms with van der Waals surface area (Å²) in [5.41, 5.74) is 0.